The molecule has 1 spiro atoms. The first kappa shape index (κ1) is 20.8. The highest BCUT2D eigenvalue weighted by Crippen LogP contribution is 2.45. The fraction of sp³-hybridized carbons (Fsp3) is 0.360. The van der Waals surface area contributed by atoms with Crippen molar-refractivity contribution in [2.45, 2.75) is 32.1 Å². The summed E-state index contributed by atoms with van der Waals surface area (Å²) in [6, 6.07) is 9.98. The molecule has 0 saturated carbocycles. The van der Waals surface area contributed by atoms with E-state index in [1.54, 1.807) is 6.20 Å². The number of anilines is 4. The largest absolute Gasteiger partial charge is 0.382 e. The SMILES string of the molecule is Nc1nc2c(cc1F)N(C(=O)c1ncc(N3CCC4(CC3)Cc3ccccc3C4)nc1N)CC2. The Hall–Kier alpha value is -3.75. The van der Waals surface area contributed by atoms with Crippen molar-refractivity contribution < 1.29 is 9.18 Å². The van der Waals surface area contributed by atoms with Crippen LogP contribution in [0.4, 0.5) is 27.5 Å². The van der Waals surface area contributed by atoms with Gasteiger partial charge in [-0.05, 0) is 42.2 Å². The molecule has 1 amide bonds. The first-order valence-electron chi connectivity index (χ1n) is 11.6. The number of carbonyl (C=O) groups excluding carboxylic acids is 1. The Morgan fingerprint density at radius 2 is 1.71 bits per heavy atom. The number of carbonyl (C=O) groups is 1. The minimum atomic E-state index is -0.652. The summed E-state index contributed by atoms with van der Waals surface area (Å²) < 4.78 is 14.0. The fourth-order valence-electron chi connectivity index (χ4n) is 5.68. The number of nitrogen functional groups attached to an aromatic ring is 2. The van der Waals surface area contributed by atoms with Crippen molar-refractivity contribution >= 4 is 29.0 Å². The molecule has 4 heterocycles. The van der Waals surface area contributed by atoms with E-state index in [0.717, 1.165) is 38.8 Å². The molecule has 4 N–H and O–H groups in total. The van der Waals surface area contributed by atoms with E-state index >= 15 is 0 Å². The number of hydrogen-bond acceptors (Lipinski definition) is 7. The lowest BCUT2D eigenvalue weighted by Crippen LogP contribution is -2.41. The predicted octanol–water partition coefficient (Wildman–Crippen LogP) is 2.76. The molecule has 0 unspecified atom stereocenters. The van der Waals surface area contributed by atoms with Gasteiger partial charge >= 0.3 is 0 Å². The predicted molar refractivity (Wildman–Crippen MR) is 128 cm³/mol. The van der Waals surface area contributed by atoms with Gasteiger partial charge in [-0.2, -0.15) is 0 Å². The number of nitrogens with two attached hydrogens (primary N) is 2. The van der Waals surface area contributed by atoms with Gasteiger partial charge in [-0.25, -0.2) is 19.3 Å². The Kier molecular flexibility index (Phi) is 4.68. The second-order valence-corrected chi connectivity index (χ2v) is 9.60. The summed E-state index contributed by atoms with van der Waals surface area (Å²) in [6.07, 6.45) is 6.54. The molecule has 3 aliphatic rings. The van der Waals surface area contributed by atoms with Crippen LogP contribution in [0, 0.1) is 11.2 Å². The summed E-state index contributed by atoms with van der Waals surface area (Å²) in [6.45, 7) is 2.12. The number of pyridine rings is 1. The molecule has 0 bridgehead atoms. The maximum absolute atomic E-state index is 14.0. The molecule has 34 heavy (non-hydrogen) atoms. The second kappa shape index (κ2) is 7.65. The summed E-state index contributed by atoms with van der Waals surface area (Å²) in [4.78, 5) is 29.7. The third-order valence-electron chi connectivity index (χ3n) is 7.55. The van der Waals surface area contributed by atoms with Crippen LogP contribution in [0.25, 0.3) is 0 Å². The van der Waals surface area contributed by atoms with Crippen LogP contribution >= 0.6 is 0 Å². The zero-order chi connectivity index (χ0) is 23.4. The number of nitrogens with zero attached hydrogens (tertiary/aromatic N) is 5. The second-order valence-electron chi connectivity index (χ2n) is 9.60. The van der Waals surface area contributed by atoms with Crippen LogP contribution in [-0.4, -0.2) is 40.5 Å². The summed E-state index contributed by atoms with van der Waals surface area (Å²) in [5.41, 5.74) is 16.1. The summed E-state index contributed by atoms with van der Waals surface area (Å²) >= 11 is 0. The standard InChI is InChI=1S/C25H26FN7O/c26-17-11-19-18(30-22(17)27)5-8-33(19)24(34)21-23(28)31-20(14-29-21)32-9-6-25(7-10-32)12-15-3-1-2-4-16(15)13-25/h1-4,11,14H,5-10,12-13H2,(H2,27,30)(H2,28,31). The van der Waals surface area contributed by atoms with Gasteiger partial charge in [0, 0.05) is 32.1 Å². The molecule has 1 saturated heterocycles. The van der Waals surface area contributed by atoms with Gasteiger partial charge in [0.05, 0.1) is 17.6 Å². The van der Waals surface area contributed by atoms with Crippen LogP contribution in [-0.2, 0) is 19.3 Å². The number of amides is 1. The van der Waals surface area contributed by atoms with Gasteiger partial charge in [0.15, 0.2) is 23.1 Å². The normalized spacial score (nSPS) is 18.3. The highest BCUT2D eigenvalue weighted by Gasteiger charge is 2.40. The lowest BCUT2D eigenvalue weighted by Gasteiger charge is -2.40. The van der Waals surface area contributed by atoms with Gasteiger partial charge in [0.25, 0.3) is 5.91 Å². The molecule has 0 atom stereocenters. The fourth-order valence-corrected chi connectivity index (χ4v) is 5.68. The number of hydrogen-bond donors (Lipinski definition) is 2. The van der Waals surface area contributed by atoms with E-state index in [-0.39, 0.29) is 17.3 Å². The number of rotatable bonds is 2. The third kappa shape index (κ3) is 3.34. The zero-order valence-electron chi connectivity index (χ0n) is 18.8. The third-order valence-corrected chi connectivity index (χ3v) is 7.55. The van der Waals surface area contributed by atoms with Crippen LogP contribution in [0.15, 0.2) is 36.5 Å². The van der Waals surface area contributed by atoms with Crippen molar-refractivity contribution in [3.05, 3.63) is 64.9 Å². The maximum atomic E-state index is 14.0. The first-order valence-corrected chi connectivity index (χ1v) is 11.6. The van der Waals surface area contributed by atoms with E-state index in [2.05, 4.69) is 44.1 Å². The number of halogens is 1. The summed E-state index contributed by atoms with van der Waals surface area (Å²) in [7, 11) is 0. The molecule has 1 fully saturated rings. The topological polar surface area (TPSA) is 114 Å². The average molecular weight is 460 g/mol. The van der Waals surface area contributed by atoms with E-state index in [9.17, 15) is 9.18 Å². The van der Waals surface area contributed by atoms with Crippen molar-refractivity contribution in [1.82, 2.24) is 15.0 Å². The Bertz CT molecular complexity index is 1280. The smallest absolute Gasteiger partial charge is 0.280 e. The van der Waals surface area contributed by atoms with E-state index < -0.39 is 11.7 Å². The lowest BCUT2D eigenvalue weighted by atomic mass is 9.76. The van der Waals surface area contributed by atoms with Crippen LogP contribution in [0.2, 0.25) is 0 Å². The molecule has 1 aliphatic carbocycles. The van der Waals surface area contributed by atoms with Gasteiger partial charge < -0.3 is 21.3 Å². The lowest BCUT2D eigenvalue weighted by molar-refractivity contribution is 0.0985. The van der Waals surface area contributed by atoms with Crippen molar-refractivity contribution in [2.75, 3.05) is 40.9 Å². The van der Waals surface area contributed by atoms with E-state index in [1.165, 1.54) is 22.1 Å². The zero-order valence-corrected chi connectivity index (χ0v) is 18.8. The molecule has 9 heteroatoms. The molecule has 8 nitrogen and oxygen atoms in total. The van der Waals surface area contributed by atoms with Crippen molar-refractivity contribution in [3.63, 3.8) is 0 Å². The van der Waals surface area contributed by atoms with E-state index in [0.29, 0.717) is 35.6 Å². The molecule has 174 valence electrons. The maximum Gasteiger partial charge on any atom is 0.280 e. The molecule has 0 radical (unpaired) electrons. The molecular formula is C25H26FN7O. The van der Waals surface area contributed by atoms with Crippen LogP contribution in [0.1, 0.15) is 40.2 Å². The average Bonchev–Trinajstić information content (AvgIpc) is 3.40. The number of benzene rings is 1. The van der Waals surface area contributed by atoms with Crippen molar-refractivity contribution in [2.24, 2.45) is 5.41 Å². The van der Waals surface area contributed by atoms with Gasteiger partial charge in [0.1, 0.15) is 5.82 Å². The van der Waals surface area contributed by atoms with Gasteiger partial charge in [0.2, 0.25) is 0 Å². The summed E-state index contributed by atoms with van der Waals surface area (Å²) in [5.74, 6) is -0.472. The first-order chi connectivity index (χ1) is 16.4. The summed E-state index contributed by atoms with van der Waals surface area (Å²) in [5, 5.41) is 0. The van der Waals surface area contributed by atoms with Crippen LogP contribution in [0.5, 0.6) is 0 Å². The molecule has 2 aromatic heterocycles. The van der Waals surface area contributed by atoms with Crippen molar-refractivity contribution in [1.29, 1.82) is 0 Å². The van der Waals surface area contributed by atoms with Gasteiger partial charge in [-0.15, -0.1) is 0 Å². The number of fused-ring (bicyclic) bond motifs is 2. The Labute approximate surface area is 196 Å². The molecule has 1 aromatic carbocycles. The highest BCUT2D eigenvalue weighted by molar-refractivity contribution is 6.08. The van der Waals surface area contributed by atoms with Gasteiger partial charge in [-0.3, -0.25) is 4.79 Å². The van der Waals surface area contributed by atoms with E-state index in [4.69, 9.17) is 11.5 Å². The van der Waals surface area contributed by atoms with Gasteiger partial charge in [-0.1, -0.05) is 24.3 Å². The number of piperidine rings is 1. The minimum Gasteiger partial charge on any atom is -0.382 e. The minimum absolute atomic E-state index is 0.0635. The molecular weight excluding hydrogens is 433 g/mol. The molecule has 3 aromatic rings. The van der Waals surface area contributed by atoms with Crippen molar-refractivity contribution in [3.8, 4) is 0 Å². The molecule has 6 rings (SSSR count). The number of aromatic nitrogens is 3. The Morgan fingerprint density at radius 1 is 1.00 bits per heavy atom. The highest BCUT2D eigenvalue weighted by atomic mass is 19.1. The van der Waals surface area contributed by atoms with E-state index in [1.807, 2.05) is 0 Å². The quantitative estimate of drug-likeness (QED) is 0.606. The molecule has 2 aliphatic heterocycles. The van der Waals surface area contributed by atoms with Crippen LogP contribution < -0.4 is 21.3 Å². The Morgan fingerprint density at radius 3 is 2.38 bits per heavy atom. The monoisotopic (exact) mass is 459 g/mol. The Balaban J connectivity index is 1.17. The van der Waals surface area contributed by atoms with Crippen LogP contribution in [0.3, 0.4) is 0 Å².